The highest BCUT2D eigenvalue weighted by atomic mass is 127. The average Bonchev–Trinajstić information content (AvgIpc) is 3.26. The Balaban J connectivity index is 0.00000306. The largest absolute Gasteiger partial charge is 0.378 e. The number of pyridine rings is 1. The highest BCUT2D eigenvalue weighted by molar-refractivity contribution is 14.0. The fourth-order valence-corrected chi connectivity index (χ4v) is 4.16. The molecule has 1 unspecified atom stereocenters. The minimum atomic E-state index is -0.529. The molecule has 2 aliphatic rings. The van der Waals surface area contributed by atoms with E-state index in [0.717, 1.165) is 30.9 Å². The van der Waals surface area contributed by atoms with Crippen molar-refractivity contribution < 1.29 is 13.5 Å². The third-order valence-corrected chi connectivity index (χ3v) is 5.71. The first-order chi connectivity index (χ1) is 15.7. The van der Waals surface area contributed by atoms with Crippen molar-refractivity contribution in [2.45, 2.75) is 25.9 Å². The van der Waals surface area contributed by atoms with Gasteiger partial charge in [-0.15, -0.1) is 24.0 Å². The molecule has 1 aromatic heterocycles. The summed E-state index contributed by atoms with van der Waals surface area (Å²) in [5, 5.41) is 6.70. The summed E-state index contributed by atoms with van der Waals surface area (Å²) < 4.78 is 33.8. The topological polar surface area (TPSA) is 65.0 Å². The standard InChI is InChI=1S/C23H30F2N6O.HI/c1-2-26-23(28-15-17-5-4-9-27-22(17)30-11-13-32-14-12-30)29-18-8-10-31(16-18)21-19(24)6-3-7-20(21)25;/h3-7,9,18H,2,8,10-16H2,1H3,(H2,26,28,29);1H. The number of morpholine rings is 1. The molecule has 7 nitrogen and oxygen atoms in total. The zero-order valence-corrected chi connectivity index (χ0v) is 21.1. The molecule has 0 amide bonds. The number of hydrogen-bond donors (Lipinski definition) is 2. The number of aliphatic imine (C=N–C) groups is 1. The highest BCUT2D eigenvalue weighted by Gasteiger charge is 2.27. The number of ether oxygens (including phenoxy) is 1. The van der Waals surface area contributed by atoms with E-state index in [-0.39, 0.29) is 35.7 Å². The fraction of sp³-hybridized carbons (Fsp3) is 0.478. The molecular weight excluding hydrogens is 541 g/mol. The lowest BCUT2D eigenvalue weighted by molar-refractivity contribution is 0.122. The first kappa shape index (κ1) is 25.4. The summed E-state index contributed by atoms with van der Waals surface area (Å²) in [6.07, 6.45) is 2.57. The van der Waals surface area contributed by atoms with Crippen LogP contribution in [0, 0.1) is 11.6 Å². The predicted molar refractivity (Wildman–Crippen MR) is 138 cm³/mol. The molecule has 1 atom stereocenters. The highest BCUT2D eigenvalue weighted by Crippen LogP contribution is 2.26. The van der Waals surface area contributed by atoms with E-state index in [1.54, 1.807) is 11.1 Å². The van der Waals surface area contributed by atoms with Crippen molar-refractivity contribution in [2.24, 2.45) is 4.99 Å². The van der Waals surface area contributed by atoms with Crippen molar-refractivity contribution in [3.8, 4) is 0 Å². The van der Waals surface area contributed by atoms with Gasteiger partial charge < -0.3 is 25.2 Å². The normalized spacial score (nSPS) is 18.8. The second-order valence-corrected chi connectivity index (χ2v) is 7.93. The third kappa shape index (κ3) is 6.44. The summed E-state index contributed by atoms with van der Waals surface area (Å²) in [7, 11) is 0. The van der Waals surface area contributed by atoms with Crippen LogP contribution < -0.4 is 20.4 Å². The molecule has 2 aromatic rings. The van der Waals surface area contributed by atoms with Crippen molar-refractivity contribution in [1.82, 2.24) is 15.6 Å². The van der Waals surface area contributed by atoms with Crippen LogP contribution in [0.4, 0.5) is 20.3 Å². The van der Waals surface area contributed by atoms with Gasteiger partial charge in [0.25, 0.3) is 0 Å². The molecule has 0 saturated carbocycles. The van der Waals surface area contributed by atoms with Crippen LogP contribution in [-0.4, -0.2) is 62.9 Å². The van der Waals surface area contributed by atoms with E-state index in [2.05, 4.69) is 20.5 Å². The Bertz CT molecular complexity index is 921. The van der Waals surface area contributed by atoms with E-state index >= 15 is 0 Å². The molecule has 2 saturated heterocycles. The van der Waals surface area contributed by atoms with E-state index < -0.39 is 11.6 Å². The van der Waals surface area contributed by atoms with Crippen LogP contribution in [0.25, 0.3) is 0 Å². The molecule has 180 valence electrons. The first-order valence-electron chi connectivity index (χ1n) is 11.2. The fourth-order valence-electron chi connectivity index (χ4n) is 4.16. The molecule has 10 heteroatoms. The van der Waals surface area contributed by atoms with Crippen LogP contribution in [0.2, 0.25) is 0 Å². The lowest BCUT2D eigenvalue weighted by Crippen LogP contribution is -2.44. The number of benzene rings is 1. The van der Waals surface area contributed by atoms with Gasteiger partial charge in [-0.3, -0.25) is 0 Å². The maximum atomic E-state index is 14.2. The number of nitrogens with zero attached hydrogens (tertiary/aromatic N) is 4. The quantitative estimate of drug-likeness (QED) is 0.315. The molecule has 0 bridgehead atoms. The molecule has 2 N–H and O–H groups in total. The van der Waals surface area contributed by atoms with Crippen molar-refractivity contribution in [3.05, 3.63) is 53.7 Å². The van der Waals surface area contributed by atoms with E-state index in [9.17, 15) is 8.78 Å². The van der Waals surface area contributed by atoms with Crippen LogP contribution in [0.3, 0.4) is 0 Å². The van der Waals surface area contributed by atoms with Crippen molar-refractivity contribution in [2.75, 3.05) is 55.7 Å². The molecule has 33 heavy (non-hydrogen) atoms. The Morgan fingerprint density at radius 2 is 1.88 bits per heavy atom. The monoisotopic (exact) mass is 572 g/mol. The van der Waals surface area contributed by atoms with Crippen molar-refractivity contribution in [1.29, 1.82) is 0 Å². The van der Waals surface area contributed by atoms with Crippen LogP contribution in [0.15, 0.2) is 41.5 Å². The van der Waals surface area contributed by atoms with Crippen LogP contribution in [0.1, 0.15) is 18.9 Å². The SMILES string of the molecule is CCNC(=NCc1cccnc1N1CCOCC1)NC1CCN(c2c(F)cccc2F)C1.I. The first-order valence-corrected chi connectivity index (χ1v) is 11.2. The number of halogens is 3. The van der Waals surface area contributed by atoms with Gasteiger partial charge in [-0.25, -0.2) is 18.8 Å². The van der Waals surface area contributed by atoms with E-state index in [1.807, 2.05) is 19.1 Å². The lowest BCUT2D eigenvalue weighted by Gasteiger charge is -2.29. The summed E-state index contributed by atoms with van der Waals surface area (Å²) in [4.78, 5) is 13.3. The second-order valence-electron chi connectivity index (χ2n) is 7.93. The number of nitrogens with one attached hydrogen (secondary N) is 2. The Morgan fingerprint density at radius 1 is 1.12 bits per heavy atom. The summed E-state index contributed by atoms with van der Waals surface area (Å²) in [5.41, 5.74) is 1.09. The van der Waals surface area contributed by atoms with Gasteiger partial charge >= 0.3 is 0 Å². The van der Waals surface area contributed by atoms with Crippen molar-refractivity contribution >= 4 is 41.4 Å². The van der Waals surface area contributed by atoms with Crippen LogP contribution >= 0.6 is 24.0 Å². The minimum Gasteiger partial charge on any atom is -0.378 e. The predicted octanol–water partition coefficient (Wildman–Crippen LogP) is 3.15. The van der Waals surface area contributed by atoms with E-state index in [0.29, 0.717) is 45.4 Å². The Hall–Kier alpha value is -2.21. The van der Waals surface area contributed by atoms with Crippen LogP contribution in [0.5, 0.6) is 0 Å². The van der Waals surface area contributed by atoms with Gasteiger partial charge in [-0.05, 0) is 31.5 Å². The zero-order chi connectivity index (χ0) is 22.3. The average molecular weight is 572 g/mol. The maximum Gasteiger partial charge on any atom is 0.191 e. The molecule has 2 fully saturated rings. The molecular formula is C23H31F2IN6O. The van der Waals surface area contributed by atoms with Gasteiger partial charge in [-0.1, -0.05) is 12.1 Å². The molecule has 1 aromatic carbocycles. The molecule has 2 aliphatic heterocycles. The van der Waals surface area contributed by atoms with Gasteiger partial charge in [0.15, 0.2) is 5.96 Å². The Labute approximate surface area is 210 Å². The summed E-state index contributed by atoms with van der Waals surface area (Å²) in [5.74, 6) is 0.569. The lowest BCUT2D eigenvalue weighted by atomic mass is 10.2. The molecule has 0 aliphatic carbocycles. The second kappa shape index (κ2) is 12.3. The number of guanidine groups is 1. The van der Waals surface area contributed by atoms with E-state index in [4.69, 9.17) is 9.73 Å². The summed E-state index contributed by atoms with van der Waals surface area (Å²) in [6.45, 7) is 7.33. The Morgan fingerprint density at radius 3 is 2.61 bits per heavy atom. The minimum absolute atomic E-state index is 0. The van der Waals surface area contributed by atoms with Crippen molar-refractivity contribution in [3.63, 3.8) is 0 Å². The summed E-state index contributed by atoms with van der Waals surface area (Å²) >= 11 is 0. The summed E-state index contributed by atoms with van der Waals surface area (Å²) in [6, 6.07) is 7.99. The third-order valence-electron chi connectivity index (χ3n) is 5.71. The van der Waals surface area contributed by atoms with Gasteiger partial charge in [0.05, 0.1) is 19.8 Å². The Kier molecular flexibility index (Phi) is 9.48. The number of aromatic nitrogens is 1. The number of anilines is 2. The van der Waals surface area contributed by atoms with Gasteiger partial charge in [0.1, 0.15) is 23.1 Å². The van der Waals surface area contributed by atoms with Gasteiger partial charge in [0.2, 0.25) is 0 Å². The molecule has 4 rings (SSSR count). The number of rotatable bonds is 6. The van der Waals surface area contributed by atoms with E-state index in [1.165, 1.54) is 18.2 Å². The maximum absolute atomic E-state index is 14.2. The van der Waals surface area contributed by atoms with Gasteiger partial charge in [-0.2, -0.15) is 0 Å². The molecule has 0 radical (unpaired) electrons. The molecule has 3 heterocycles. The van der Waals surface area contributed by atoms with Crippen LogP contribution in [-0.2, 0) is 11.3 Å². The zero-order valence-electron chi connectivity index (χ0n) is 18.8. The smallest absolute Gasteiger partial charge is 0.191 e. The number of hydrogen-bond acceptors (Lipinski definition) is 5. The van der Waals surface area contributed by atoms with Gasteiger partial charge in [0, 0.05) is 50.5 Å². The molecule has 0 spiro atoms. The number of para-hydroxylation sites is 1.